The molecule has 0 amide bonds. The number of hydrogen-bond acceptors (Lipinski definition) is 2. The molecule has 2 nitrogen and oxygen atoms in total. The van der Waals surface area contributed by atoms with Gasteiger partial charge in [0.15, 0.2) is 0 Å². The fourth-order valence-corrected chi connectivity index (χ4v) is 3.73. The second-order valence-corrected chi connectivity index (χ2v) is 6.83. The average molecular weight is 289 g/mol. The van der Waals surface area contributed by atoms with Gasteiger partial charge in [-0.25, -0.2) is 0 Å². The van der Waals surface area contributed by atoms with Gasteiger partial charge in [-0.2, -0.15) is 0 Å². The summed E-state index contributed by atoms with van der Waals surface area (Å²) in [4.78, 5) is 2.54. The summed E-state index contributed by atoms with van der Waals surface area (Å²) in [6.07, 6.45) is 4.80. The van der Waals surface area contributed by atoms with Crippen molar-refractivity contribution in [2.45, 2.75) is 58.6 Å². The van der Waals surface area contributed by atoms with E-state index in [1.165, 1.54) is 25.7 Å². The zero-order chi connectivity index (χ0) is 15.2. The Balaban J connectivity index is 2.11. The van der Waals surface area contributed by atoms with E-state index in [4.69, 9.17) is 0 Å². The van der Waals surface area contributed by atoms with Gasteiger partial charge in [-0.05, 0) is 49.8 Å². The highest BCUT2D eigenvalue weighted by molar-refractivity contribution is 5.19. The van der Waals surface area contributed by atoms with Crippen LogP contribution in [0, 0.1) is 11.8 Å². The van der Waals surface area contributed by atoms with Crippen molar-refractivity contribution in [3.05, 3.63) is 35.9 Å². The largest absolute Gasteiger partial charge is 0.387 e. The first-order valence-corrected chi connectivity index (χ1v) is 8.60. The molecule has 118 valence electrons. The Bertz CT molecular complexity index is 403. The van der Waals surface area contributed by atoms with Crippen molar-refractivity contribution in [1.29, 1.82) is 0 Å². The Morgan fingerprint density at radius 3 is 2.48 bits per heavy atom. The third kappa shape index (κ3) is 4.31. The van der Waals surface area contributed by atoms with E-state index in [-0.39, 0.29) is 12.1 Å². The summed E-state index contributed by atoms with van der Waals surface area (Å²) in [6.45, 7) is 9.03. The molecule has 1 aromatic rings. The van der Waals surface area contributed by atoms with Crippen LogP contribution >= 0.6 is 0 Å². The molecule has 3 unspecified atom stereocenters. The first-order valence-electron chi connectivity index (χ1n) is 8.60. The van der Waals surface area contributed by atoms with E-state index in [2.05, 4.69) is 25.7 Å². The number of likely N-dealkylation sites (tertiary alicyclic amines) is 1. The molecule has 2 rings (SSSR count). The van der Waals surface area contributed by atoms with Crippen LogP contribution in [-0.2, 0) is 0 Å². The van der Waals surface area contributed by atoms with Gasteiger partial charge in [-0.15, -0.1) is 0 Å². The molecule has 0 aliphatic carbocycles. The van der Waals surface area contributed by atoms with Crippen LogP contribution in [0.2, 0.25) is 0 Å². The molecule has 1 aromatic carbocycles. The molecule has 21 heavy (non-hydrogen) atoms. The summed E-state index contributed by atoms with van der Waals surface area (Å²) in [5, 5.41) is 10.9. The Morgan fingerprint density at radius 2 is 1.86 bits per heavy atom. The zero-order valence-corrected chi connectivity index (χ0v) is 13.8. The molecule has 1 aliphatic rings. The topological polar surface area (TPSA) is 23.5 Å². The van der Waals surface area contributed by atoms with Crippen LogP contribution < -0.4 is 0 Å². The number of aliphatic hydroxyl groups is 1. The van der Waals surface area contributed by atoms with Gasteiger partial charge in [0.2, 0.25) is 0 Å². The third-order valence-corrected chi connectivity index (χ3v) is 5.03. The number of rotatable bonds is 5. The molecular formula is C19H31NO. The van der Waals surface area contributed by atoms with E-state index >= 15 is 0 Å². The number of hydrogen-bond donors (Lipinski definition) is 1. The lowest BCUT2D eigenvalue weighted by molar-refractivity contribution is 0.0234. The van der Waals surface area contributed by atoms with Gasteiger partial charge in [0.05, 0.1) is 6.10 Å². The van der Waals surface area contributed by atoms with Crippen LogP contribution in [0.25, 0.3) is 0 Å². The summed E-state index contributed by atoms with van der Waals surface area (Å²) >= 11 is 0. The van der Waals surface area contributed by atoms with Crippen molar-refractivity contribution in [1.82, 2.24) is 4.90 Å². The summed E-state index contributed by atoms with van der Waals surface area (Å²) in [6, 6.07) is 10.4. The number of benzene rings is 1. The highest BCUT2D eigenvalue weighted by Gasteiger charge is 2.31. The predicted molar refractivity (Wildman–Crippen MR) is 89.2 cm³/mol. The van der Waals surface area contributed by atoms with Gasteiger partial charge < -0.3 is 5.11 Å². The van der Waals surface area contributed by atoms with Crippen LogP contribution in [0.3, 0.4) is 0 Å². The van der Waals surface area contributed by atoms with Crippen molar-refractivity contribution >= 4 is 0 Å². The van der Waals surface area contributed by atoms with E-state index in [0.29, 0.717) is 5.92 Å². The standard InChI is InChI=1S/C19H31NO/c1-4-16-9-8-13-20(14-12-16)18(15(2)3)19(21)17-10-6-5-7-11-17/h5-7,10-11,15-16,18-19,21H,4,8-9,12-14H2,1-3H3. The Hall–Kier alpha value is -0.860. The average Bonchev–Trinajstić information content (AvgIpc) is 2.73. The smallest absolute Gasteiger partial charge is 0.0947 e. The minimum Gasteiger partial charge on any atom is -0.387 e. The molecular weight excluding hydrogens is 258 g/mol. The third-order valence-electron chi connectivity index (χ3n) is 5.03. The monoisotopic (exact) mass is 289 g/mol. The van der Waals surface area contributed by atoms with Crippen molar-refractivity contribution < 1.29 is 5.11 Å². The molecule has 0 spiro atoms. The molecule has 3 atom stereocenters. The van der Waals surface area contributed by atoms with Crippen molar-refractivity contribution in [2.75, 3.05) is 13.1 Å². The summed E-state index contributed by atoms with van der Waals surface area (Å²) in [5.74, 6) is 1.33. The van der Waals surface area contributed by atoms with Crippen molar-refractivity contribution in [2.24, 2.45) is 11.8 Å². The maximum absolute atomic E-state index is 10.9. The highest BCUT2D eigenvalue weighted by atomic mass is 16.3. The second kappa shape index (κ2) is 7.95. The van der Waals surface area contributed by atoms with E-state index < -0.39 is 0 Å². The Labute approximate surface area is 130 Å². The molecule has 0 saturated carbocycles. The van der Waals surface area contributed by atoms with Crippen LogP contribution in [0.4, 0.5) is 0 Å². The fraction of sp³-hybridized carbons (Fsp3) is 0.684. The Kier molecular flexibility index (Phi) is 6.25. The molecule has 1 aliphatic heterocycles. The summed E-state index contributed by atoms with van der Waals surface area (Å²) < 4.78 is 0. The van der Waals surface area contributed by atoms with E-state index in [1.807, 2.05) is 30.3 Å². The number of aliphatic hydroxyl groups excluding tert-OH is 1. The maximum atomic E-state index is 10.9. The molecule has 1 saturated heterocycles. The van der Waals surface area contributed by atoms with E-state index in [9.17, 15) is 5.11 Å². The van der Waals surface area contributed by atoms with Gasteiger partial charge in [0.1, 0.15) is 0 Å². The van der Waals surface area contributed by atoms with Crippen LogP contribution in [-0.4, -0.2) is 29.1 Å². The maximum Gasteiger partial charge on any atom is 0.0947 e. The lowest BCUT2D eigenvalue weighted by Crippen LogP contribution is -2.43. The lowest BCUT2D eigenvalue weighted by Gasteiger charge is -2.37. The molecule has 0 bridgehead atoms. The van der Waals surface area contributed by atoms with Crippen molar-refractivity contribution in [3.63, 3.8) is 0 Å². The van der Waals surface area contributed by atoms with Gasteiger partial charge in [0.25, 0.3) is 0 Å². The molecule has 0 aromatic heterocycles. The van der Waals surface area contributed by atoms with Crippen molar-refractivity contribution in [3.8, 4) is 0 Å². The van der Waals surface area contributed by atoms with Gasteiger partial charge in [0, 0.05) is 6.04 Å². The molecule has 1 heterocycles. The molecule has 1 N–H and O–H groups in total. The van der Waals surface area contributed by atoms with Gasteiger partial charge >= 0.3 is 0 Å². The van der Waals surface area contributed by atoms with Crippen LogP contribution in [0.5, 0.6) is 0 Å². The molecule has 0 radical (unpaired) electrons. The van der Waals surface area contributed by atoms with Crippen LogP contribution in [0.15, 0.2) is 30.3 Å². The predicted octanol–water partition coefficient (Wildman–Crippen LogP) is 4.26. The Morgan fingerprint density at radius 1 is 1.14 bits per heavy atom. The zero-order valence-electron chi connectivity index (χ0n) is 13.8. The first kappa shape index (κ1) is 16.5. The minimum absolute atomic E-state index is 0.225. The minimum atomic E-state index is -0.385. The SMILES string of the molecule is CCC1CCCN(C(C(C)C)C(O)c2ccccc2)CC1. The molecule has 2 heteroatoms. The molecule has 1 fully saturated rings. The van der Waals surface area contributed by atoms with Crippen LogP contribution in [0.1, 0.15) is 58.1 Å². The van der Waals surface area contributed by atoms with Gasteiger partial charge in [-0.3, -0.25) is 4.90 Å². The normalized spacial score (nSPS) is 23.8. The fourth-order valence-electron chi connectivity index (χ4n) is 3.73. The van der Waals surface area contributed by atoms with E-state index in [1.54, 1.807) is 0 Å². The summed E-state index contributed by atoms with van der Waals surface area (Å²) in [7, 11) is 0. The number of nitrogens with zero attached hydrogens (tertiary/aromatic N) is 1. The first-order chi connectivity index (χ1) is 10.1. The summed E-state index contributed by atoms with van der Waals surface area (Å²) in [5.41, 5.74) is 1.05. The quantitative estimate of drug-likeness (QED) is 0.875. The second-order valence-electron chi connectivity index (χ2n) is 6.83. The lowest BCUT2D eigenvalue weighted by atomic mass is 9.91. The highest BCUT2D eigenvalue weighted by Crippen LogP contribution is 2.30. The van der Waals surface area contributed by atoms with E-state index in [0.717, 1.165) is 24.6 Å². The van der Waals surface area contributed by atoms with Gasteiger partial charge in [-0.1, -0.05) is 57.5 Å².